The number of hydrogen-bond donors (Lipinski definition) is 1. The third-order valence-electron chi connectivity index (χ3n) is 4.85. The van der Waals surface area contributed by atoms with Crippen LogP contribution in [0.25, 0.3) is 22.5 Å². The molecular formula is C20H27N5O4S. The number of hydrogen-bond acceptors (Lipinski definition) is 6. The third-order valence-corrected chi connectivity index (χ3v) is 6.71. The molecule has 0 saturated heterocycles. The molecule has 0 spiro atoms. The summed E-state index contributed by atoms with van der Waals surface area (Å²) in [6.07, 6.45) is 3.71. The van der Waals surface area contributed by atoms with E-state index in [1.165, 1.54) is 4.31 Å². The van der Waals surface area contributed by atoms with E-state index in [1.54, 1.807) is 49.3 Å². The molecule has 3 aromatic heterocycles. The van der Waals surface area contributed by atoms with Gasteiger partial charge in [0.2, 0.25) is 10.0 Å². The predicted molar refractivity (Wildman–Crippen MR) is 115 cm³/mol. The van der Waals surface area contributed by atoms with E-state index < -0.39 is 10.0 Å². The summed E-state index contributed by atoms with van der Waals surface area (Å²) in [6, 6.07) is 5.32. The number of nitrogens with one attached hydrogen (secondary N) is 1. The number of pyridine rings is 1. The largest absolute Gasteiger partial charge is 0.463 e. The molecule has 3 rings (SSSR count). The van der Waals surface area contributed by atoms with Gasteiger partial charge in [-0.25, -0.2) is 22.4 Å². The molecule has 1 amide bonds. The Morgan fingerprint density at radius 2 is 2.13 bits per heavy atom. The maximum absolute atomic E-state index is 12.9. The fourth-order valence-electron chi connectivity index (χ4n) is 3.09. The van der Waals surface area contributed by atoms with Gasteiger partial charge < -0.3 is 9.73 Å². The maximum atomic E-state index is 12.9. The Kier molecular flexibility index (Phi) is 6.57. The van der Waals surface area contributed by atoms with E-state index in [4.69, 9.17) is 4.42 Å². The number of furan rings is 1. The lowest BCUT2D eigenvalue weighted by Gasteiger charge is -2.16. The van der Waals surface area contributed by atoms with Crippen LogP contribution in [0.4, 0.5) is 0 Å². The van der Waals surface area contributed by atoms with Crippen molar-refractivity contribution in [1.29, 1.82) is 0 Å². The molecule has 30 heavy (non-hydrogen) atoms. The second kappa shape index (κ2) is 8.97. The van der Waals surface area contributed by atoms with Crippen molar-refractivity contribution in [2.45, 2.75) is 33.2 Å². The summed E-state index contributed by atoms with van der Waals surface area (Å²) in [7, 11) is -1.68. The van der Waals surface area contributed by atoms with Crippen LogP contribution in [0, 0.1) is 0 Å². The summed E-state index contributed by atoms with van der Waals surface area (Å²) in [6.45, 7) is 6.28. The zero-order valence-electron chi connectivity index (χ0n) is 17.6. The van der Waals surface area contributed by atoms with Gasteiger partial charge in [-0.2, -0.15) is 5.10 Å². The van der Waals surface area contributed by atoms with Gasteiger partial charge in [0.05, 0.1) is 29.2 Å². The Bertz CT molecular complexity index is 1120. The zero-order chi connectivity index (χ0) is 21.9. The first-order valence-electron chi connectivity index (χ1n) is 9.89. The highest BCUT2D eigenvalue weighted by molar-refractivity contribution is 7.89. The quantitative estimate of drug-likeness (QED) is 0.520. The standard InChI is InChI=1S/C20H27N5O4S/c1-5-30(27,28)24(4)10-7-9-21-20(26)15-12-17(18-8-6-11-29-18)23-19-16(15)13-22-25(19)14(2)3/h6,8,11-14H,5,7,9-10H2,1-4H3,(H,21,26). The van der Waals surface area contributed by atoms with Crippen LogP contribution >= 0.6 is 0 Å². The second-order valence-electron chi connectivity index (χ2n) is 7.28. The van der Waals surface area contributed by atoms with Gasteiger partial charge >= 0.3 is 0 Å². The first-order valence-corrected chi connectivity index (χ1v) is 11.5. The van der Waals surface area contributed by atoms with E-state index in [1.807, 2.05) is 13.8 Å². The lowest BCUT2D eigenvalue weighted by molar-refractivity contribution is 0.0954. The number of carbonyl (C=O) groups is 1. The Balaban J connectivity index is 1.81. The lowest BCUT2D eigenvalue weighted by Crippen LogP contribution is -2.32. The van der Waals surface area contributed by atoms with Crippen molar-refractivity contribution in [3.63, 3.8) is 0 Å². The maximum Gasteiger partial charge on any atom is 0.252 e. The van der Waals surface area contributed by atoms with E-state index in [0.29, 0.717) is 47.6 Å². The van der Waals surface area contributed by atoms with Gasteiger partial charge in [-0.1, -0.05) is 0 Å². The van der Waals surface area contributed by atoms with E-state index >= 15 is 0 Å². The minimum absolute atomic E-state index is 0.0558. The van der Waals surface area contributed by atoms with Crippen LogP contribution in [-0.4, -0.2) is 59.3 Å². The van der Waals surface area contributed by atoms with Crippen LogP contribution in [-0.2, 0) is 10.0 Å². The first kappa shape index (κ1) is 22.0. The molecular weight excluding hydrogens is 406 g/mol. The van der Waals surface area contributed by atoms with Crippen molar-refractivity contribution in [2.24, 2.45) is 0 Å². The average Bonchev–Trinajstić information content (AvgIpc) is 3.39. The Labute approximate surface area is 176 Å². The topological polar surface area (TPSA) is 110 Å². The van der Waals surface area contributed by atoms with Gasteiger partial charge in [0.15, 0.2) is 11.4 Å². The van der Waals surface area contributed by atoms with E-state index in [-0.39, 0.29) is 17.7 Å². The van der Waals surface area contributed by atoms with Crippen LogP contribution in [0.15, 0.2) is 35.1 Å². The van der Waals surface area contributed by atoms with Crippen LogP contribution in [0.5, 0.6) is 0 Å². The summed E-state index contributed by atoms with van der Waals surface area (Å²) in [5, 5.41) is 7.91. The van der Waals surface area contributed by atoms with Crippen LogP contribution in [0.1, 0.15) is 43.6 Å². The molecule has 1 N–H and O–H groups in total. The minimum atomic E-state index is -3.23. The monoisotopic (exact) mass is 433 g/mol. The highest BCUT2D eigenvalue weighted by Crippen LogP contribution is 2.26. The minimum Gasteiger partial charge on any atom is -0.463 e. The fourth-order valence-corrected chi connectivity index (χ4v) is 3.94. The Hall–Kier alpha value is -2.72. The van der Waals surface area contributed by atoms with Crippen molar-refractivity contribution >= 4 is 27.0 Å². The molecule has 0 aromatic carbocycles. The number of amides is 1. The van der Waals surface area contributed by atoms with Gasteiger partial charge in [-0.15, -0.1) is 0 Å². The second-order valence-corrected chi connectivity index (χ2v) is 9.65. The molecule has 0 aliphatic rings. The van der Waals surface area contributed by atoms with E-state index in [2.05, 4.69) is 15.4 Å². The number of sulfonamides is 1. The van der Waals surface area contributed by atoms with Gasteiger partial charge in [-0.05, 0) is 45.4 Å². The fraction of sp³-hybridized carbons (Fsp3) is 0.450. The molecule has 3 aromatic rings. The molecule has 0 saturated carbocycles. The van der Waals surface area contributed by atoms with Crippen LogP contribution in [0.3, 0.4) is 0 Å². The Morgan fingerprint density at radius 3 is 2.77 bits per heavy atom. The summed E-state index contributed by atoms with van der Waals surface area (Å²) in [4.78, 5) is 17.6. The van der Waals surface area contributed by atoms with Crippen LogP contribution in [0.2, 0.25) is 0 Å². The lowest BCUT2D eigenvalue weighted by atomic mass is 10.1. The molecule has 0 atom stereocenters. The summed E-state index contributed by atoms with van der Waals surface area (Å²) < 4.78 is 32.2. The molecule has 0 aliphatic heterocycles. The summed E-state index contributed by atoms with van der Waals surface area (Å²) in [5.41, 5.74) is 1.61. The van der Waals surface area contributed by atoms with Crippen molar-refractivity contribution in [3.8, 4) is 11.5 Å². The third kappa shape index (κ3) is 4.54. The molecule has 0 unspecified atom stereocenters. The zero-order valence-corrected chi connectivity index (χ0v) is 18.4. The number of rotatable bonds is 9. The number of nitrogens with zero attached hydrogens (tertiary/aromatic N) is 4. The van der Waals surface area contributed by atoms with Crippen molar-refractivity contribution < 1.29 is 17.6 Å². The highest BCUT2D eigenvalue weighted by Gasteiger charge is 2.19. The molecule has 10 heteroatoms. The molecule has 0 radical (unpaired) electrons. The van der Waals surface area contributed by atoms with Gasteiger partial charge in [0.1, 0.15) is 5.69 Å². The van der Waals surface area contributed by atoms with Gasteiger partial charge in [-0.3, -0.25) is 4.79 Å². The van der Waals surface area contributed by atoms with Gasteiger partial charge in [0, 0.05) is 26.2 Å². The normalized spacial score (nSPS) is 12.2. The molecule has 9 nitrogen and oxygen atoms in total. The summed E-state index contributed by atoms with van der Waals surface area (Å²) in [5.74, 6) is 0.355. The Morgan fingerprint density at radius 1 is 1.37 bits per heavy atom. The van der Waals surface area contributed by atoms with Crippen LogP contribution < -0.4 is 5.32 Å². The van der Waals surface area contributed by atoms with E-state index in [9.17, 15) is 13.2 Å². The van der Waals surface area contributed by atoms with E-state index in [0.717, 1.165) is 0 Å². The van der Waals surface area contributed by atoms with Crippen molar-refractivity contribution in [3.05, 3.63) is 36.2 Å². The molecule has 3 heterocycles. The number of carbonyl (C=O) groups excluding carboxylic acids is 1. The molecule has 0 aliphatic carbocycles. The molecule has 162 valence electrons. The predicted octanol–water partition coefficient (Wildman–Crippen LogP) is 2.67. The molecule has 0 fully saturated rings. The SMILES string of the molecule is CCS(=O)(=O)N(C)CCCNC(=O)c1cc(-c2ccco2)nc2c1cnn2C(C)C. The summed E-state index contributed by atoms with van der Waals surface area (Å²) >= 11 is 0. The molecule has 0 bridgehead atoms. The number of fused-ring (bicyclic) bond motifs is 1. The van der Waals surface area contributed by atoms with Gasteiger partial charge in [0.25, 0.3) is 5.91 Å². The highest BCUT2D eigenvalue weighted by atomic mass is 32.2. The van der Waals surface area contributed by atoms with Crippen molar-refractivity contribution in [2.75, 3.05) is 25.9 Å². The van der Waals surface area contributed by atoms with Crippen molar-refractivity contribution in [1.82, 2.24) is 24.4 Å². The average molecular weight is 434 g/mol. The number of aromatic nitrogens is 3. The first-order chi connectivity index (χ1) is 14.2. The smallest absolute Gasteiger partial charge is 0.252 e.